The van der Waals surface area contributed by atoms with Gasteiger partial charge in [-0.3, -0.25) is 4.40 Å². The Balaban J connectivity index is 1.27. The molecule has 31 heavy (non-hydrogen) atoms. The van der Waals surface area contributed by atoms with Crippen molar-refractivity contribution >= 4 is 26.8 Å². The maximum atomic E-state index is 12.7. The Morgan fingerprint density at radius 1 is 1.16 bits per heavy atom. The number of nitrogens with one attached hydrogen (secondary N) is 2. The van der Waals surface area contributed by atoms with Crippen LogP contribution in [0.4, 0.5) is 0 Å². The van der Waals surface area contributed by atoms with Crippen LogP contribution in [0.3, 0.4) is 0 Å². The van der Waals surface area contributed by atoms with Crippen LogP contribution in [0.25, 0.3) is 16.8 Å². The third-order valence-electron chi connectivity index (χ3n) is 6.25. The molecule has 9 heteroatoms. The smallest absolute Gasteiger partial charge is 0.211 e. The molecule has 3 heterocycles. The van der Waals surface area contributed by atoms with E-state index in [0.717, 1.165) is 35.4 Å². The summed E-state index contributed by atoms with van der Waals surface area (Å²) in [5, 5.41) is 8.75. The molecular formula is C22H26N6O2S. The van der Waals surface area contributed by atoms with E-state index in [4.69, 9.17) is 0 Å². The van der Waals surface area contributed by atoms with Gasteiger partial charge in [0.25, 0.3) is 0 Å². The molecule has 3 unspecified atom stereocenters. The molecule has 1 fully saturated rings. The van der Waals surface area contributed by atoms with Crippen molar-refractivity contribution in [2.24, 2.45) is 5.92 Å². The summed E-state index contributed by atoms with van der Waals surface area (Å²) >= 11 is 0. The summed E-state index contributed by atoms with van der Waals surface area (Å²) in [6, 6.07) is 11.9. The second-order valence-electron chi connectivity index (χ2n) is 8.50. The highest BCUT2D eigenvalue weighted by Crippen LogP contribution is 2.39. The lowest BCUT2D eigenvalue weighted by atomic mass is 9.97. The lowest BCUT2D eigenvalue weighted by Gasteiger charge is -2.14. The number of hydrogen-bond acceptors (Lipinski definition) is 5. The average molecular weight is 439 g/mol. The predicted octanol–water partition coefficient (Wildman–Crippen LogP) is 3.04. The van der Waals surface area contributed by atoms with Gasteiger partial charge in [-0.25, -0.2) is 18.1 Å². The largest absolute Gasteiger partial charge is 0.345 e. The fourth-order valence-corrected chi connectivity index (χ4v) is 6.11. The number of aryl methyl sites for hydroxylation is 1. The zero-order chi connectivity index (χ0) is 21.4. The molecule has 2 N–H and O–H groups in total. The molecule has 0 amide bonds. The maximum Gasteiger partial charge on any atom is 0.211 e. The molecule has 1 aliphatic carbocycles. The standard InChI is InChI=1S/C22H26N6O2S/c1-15-12-17(27-31(29,30)11-5-8-16-6-3-2-4-7-16)13-18(15)22-26-25-20-14-24-21-19(28(20)22)9-10-23-21/h2-4,6-7,9-10,14-15,17-18,23,27H,5,8,11-13H2,1H3. The topological polar surface area (TPSA) is 105 Å². The molecule has 5 rings (SSSR count). The van der Waals surface area contributed by atoms with Crippen LogP contribution in [-0.4, -0.2) is 44.8 Å². The van der Waals surface area contributed by atoms with Crippen molar-refractivity contribution in [2.45, 2.75) is 44.6 Å². The minimum atomic E-state index is -3.33. The third kappa shape index (κ3) is 4.07. The number of aromatic nitrogens is 5. The van der Waals surface area contributed by atoms with Gasteiger partial charge >= 0.3 is 0 Å². The Kier molecular flexibility index (Phi) is 5.23. The Morgan fingerprint density at radius 3 is 2.84 bits per heavy atom. The Morgan fingerprint density at radius 2 is 2.00 bits per heavy atom. The van der Waals surface area contributed by atoms with Crippen LogP contribution >= 0.6 is 0 Å². The molecule has 162 valence electrons. The molecule has 3 aromatic heterocycles. The Hall–Kier alpha value is -2.78. The summed E-state index contributed by atoms with van der Waals surface area (Å²) in [6.07, 6.45) is 6.44. The number of hydrogen-bond donors (Lipinski definition) is 2. The summed E-state index contributed by atoms with van der Waals surface area (Å²) in [5.41, 5.74) is 3.60. The van der Waals surface area contributed by atoms with E-state index >= 15 is 0 Å². The molecule has 0 radical (unpaired) electrons. The number of H-pyrrole nitrogens is 1. The van der Waals surface area contributed by atoms with Crippen molar-refractivity contribution in [3.63, 3.8) is 0 Å². The SMILES string of the molecule is CC1CC(NS(=O)(=O)CCCc2ccccc2)CC1c1nnc2cnc3[nH]ccc3n12. The van der Waals surface area contributed by atoms with E-state index < -0.39 is 10.0 Å². The molecule has 0 aliphatic heterocycles. The fraction of sp³-hybridized carbons (Fsp3) is 0.409. The Labute approximate surface area is 181 Å². The van der Waals surface area contributed by atoms with Crippen LogP contribution in [0.5, 0.6) is 0 Å². The van der Waals surface area contributed by atoms with Crippen LogP contribution in [-0.2, 0) is 16.4 Å². The number of nitrogens with zero attached hydrogens (tertiary/aromatic N) is 4. The predicted molar refractivity (Wildman–Crippen MR) is 119 cm³/mol. The Bertz CT molecular complexity index is 1300. The van der Waals surface area contributed by atoms with Crippen molar-refractivity contribution in [1.29, 1.82) is 0 Å². The van der Waals surface area contributed by atoms with Gasteiger partial charge in [0.05, 0.1) is 17.5 Å². The van der Waals surface area contributed by atoms with Crippen LogP contribution in [0.1, 0.15) is 43.5 Å². The van der Waals surface area contributed by atoms with E-state index in [1.165, 1.54) is 0 Å². The van der Waals surface area contributed by atoms with E-state index in [1.807, 2.05) is 47.0 Å². The molecule has 0 spiro atoms. The summed E-state index contributed by atoms with van der Waals surface area (Å²) in [7, 11) is -3.33. The second kappa shape index (κ2) is 8.05. The van der Waals surface area contributed by atoms with Gasteiger partial charge in [0.2, 0.25) is 10.0 Å². The number of rotatable bonds is 7. The van der Waals surface area contributed by atoms with E-state index in [0.29, 0.717) is 24.4 Å². The van der Waals surface area contributed by atoms with Gasteiger partial charge in [-0.2, -0.15) is 0 Å². The molecular weight excluding hydrogens is 412 g/mol. The highest BCUT2D eigenvalue weighted by molar-refractivity contribution is 7.89. The number of fused-ring (bicyclic) bond motifs is 3. The van der Waals surface area contributed by atoms with Crippen molar-refractivity contribution in [3.05, 3.63) is 60.2 Å². The monoisotopic (exact) mass is 438 g/mol. The van der Waals surface area contributed by atoms with E-state index in [-0.39, 0.29) is 17.7 Å². The summed E-state index contributed by atoms with van der Waals surface area (Å²) in [5.74, 6) is 1.44. The van der Waals surface area contributed by atoms with Crippen LogP contribution in [0.15, 0.2) is 48.8 Å². The zero-order valence-electron chi connectivity index (χ0n) is 17.4. The van der Waals surface area contributed by atoms with Crippen LogP contribution in [0.2, 0.25) is 0 Å². The first kappa shape index (κ1) is 20.1. The number of benzene rings is 1. The lowest BCUT2D eigenvalue weighted by molar-refractivity contribution is 0.505. The first-order valence-electron chi connectivity index (χ1n) is 10.7. The molecule has 1 saturated carbocycles. The maximum absolute atomic E-state index is 12.7. The number of sulfonamides is 1. The minimum absolute atomic E-state index is 0.0855. The quantitative estimate of drug-likeness (QED) is 0.461. The van der Waals surface area contributed by atoms with Crippen LogP contribution in [0, 0.1) is 5.92 Å². The van der Waals surface area contributed by atoms with E-state index in [9.17, 15) is 8.42 Å². The van der Waals surface area contributed by atoms with Gasteiger partial charge in [-0.1, -0.05) is 37.3 Å². The summed E-state index contributed by atoms with van der Waals surface area (Å²) in [6.45, 7) is 2.16. The van der Waals surface area contributed by atoms with Crippen LogP contribution < -0.4 is 4.72 Å². The van der Waals surface area contributed by atoms with Gasteiger partial charge in [-0.15, -0.1) is 10.2 Å². The fourth-order valence-electron chi connectivity index (χ4n) is 4.77. The molecule has 1 aromatic carbocycles. The average Bonchev–Trinajstić information content (AvgIpc) is 3.45. The first-order valence-corrected chi connectivity index (χ1v) is 12.4. The van der Waals surface area contributed by atoms with Gasteiger partial charge < -0.3 is 4.98 Å². The van der Waals surface area contributed by atoms with Crippen molar-refractivity contribution < 1.29 is 8.42 Å². The molecule has 1 aliphatic rings. The third-order valence-corrected chi connectivity index (χ3v) is 7.77. The van der Waals surface area contributed by atoms with Gasteiger partial charge in [0, 0.05) is 18.2 Å². The lowest BCUT2D eigenvalue weighted by Crippen LogP contribution is -2.35. The van der Waals surface area contributed by atoms with Gasteiger partial charge in [-0.05, 0) is 43.2 Å². The first-order chi connectivity index (χ1) is 15.0. The second-order valence-corrected chi connectivity index (χ2v) is 10.4. The number of aromatic amines is 1. The van der Waals surface area contributed by atoms with Crippen molar-refractivity contribution in [2.75, 3.05) is 5.75 Å². The summed E-state index contributed by atoms with van der Waals surface area (Å²) in [4.78, 5) is 7.49. The highest BCUT2D eigenvalue weighted by atomic mass is 32.2. The molecule has 0 saturated heterocycles. The van der Waals surface area contributed by atoms with E-state index in [2.05, 4.69) is 31.8 Å². The molecule has 4 aromatic rings. The molecule has 8 nitrogen and oxygen atoms in total. The van der Waals surface area contributed by atoms with Crippen molar-refractivity contribution in [3.8, 4) is 0 Å². The van der Waals surface area contributed by atoms with Gasteiger partial charge in [0.15, 0.2) is 11.3 Å². The van der Waals surface area contributed by atoms with E-state index in [1.54, 1.807) is 6.20 Å². The minimum Gasteiger partial charge on any atom is -0.345 e. The molecule has 0 bridgehead atoms. The van der Waals surface area contributed by atoms with Crippen molar-refractivity contribution in [1.82, 2.24) is 29.3 Å². The zero-order valence-corrected chi connectivity index (χ0v) is 18.2. The normalized spacial score (nSPS) is 21.9. The molecule has 3 atom stereocenters. The van der Waals surface area contributed by atoms with Gasteiger partial charge in [0.1, 0.15) is 5.82 Å². The highest BCUT2D eigenvalue weighted by Gasteiger charge is 2.37. The summed E-state index contributed by atoms with van der Waals surface area (Å²) < 4.78 is 30.3.